The summed E-state index contributed by atoms with van der Waals surface area (Å²) in [7, 11) is 0. The maximum atomic E-state index is 12.3. The molecule has 2 aliphatic rings. The average molecular weight is 345 g/mol. The van der Waals surface area contributed by atoms with E-state index in [9.17, 15) is 9.90 Å². The van der Waals surface area contributed by atoms with E-state index >= 15 is 0 Å². The second-order valence-corrected chi connectivity index (χ2v) is 7.67. The number of rotatable bonds is 5. The van der Waals surface area contributed by atoms with E-state index in [1.807, 2.05) is 11.0 Å². The third-order valence-electron chi connectivity index (χ3n) is 5.65. The van der Waals surface area contributed by atoms with Crippen molar-refractivity contribution in [2.24, 2.45) is 11.8 Å². The zero-order valence-corrected chi connectivity index (χ0v) is 15.3. The zero-order valence-electron chi connectivity index (χ0n) is 15.3. The minimum absolute atomic E-state index is 0.0162. The van der Waals surface area contributed by atoms with Crippen LogP contribution in [0.15, 0.2) is 24.3 Å². The van der Waals surface area contributed by atoms with Gasteiger partial charge in [-0.25, -0.2) is 4.79 Å². The van der Waals surface area contributed by atoms with Crippen LogP contribution in [0.3, 0.4) is 0 Å². The molecular weight excluding hydrogens is 314 g/mol. The van der Waals surface area contributed by atoms with Gasteiger partial charge in [0.1, 0.15) is 0 Å². The number of benzene rings is 1. The topological polar surface area (TPSA) is 55.8 Å². The van der Waals surface area contributed by atoms with E-state index in [4.69, 9.17) is 0 Å². The third-order valence-corrected chi connectivity index (χ3v) is 5.65. The van der Waals surface area contributed by atoms with Crippen LogP contribution < -0.4 is 5.32 Å². The first-order valence-corrected chi connectivity index (χ1v) is 9.58. The monoisotopic (exact) mass is 345 g/mol. The van der Waals surface area contributed by atoms with Crippen LogP contribution in [0.5, 0.6) is 0 Å². The Kier molecular flexibility index (Phi) is 6.32. The first-order chi connectivity index (χ1) is 12.2. The van der Waals surface area contributed by atoms with Gasteiger partial charge in [-0.15, -0.1) is 0 Å². The van der Waals surface area contributed by atoms with Gasteiger partial charge in [-0.3, -0.25) is 4.90 Å². The lowest BCUT2D eigenvalue weighted by Crippen LogP contribution is -2.38. The normalized spacial score (nSPS) is 22.3. The summed E-state index contributed by atoms with van der Waals surface area (Å²) in [4.78, 5) is 16.7. The Morgan fingerprint density at radius 2 is 1.88 bits per heavy atom. The van der Waals surface area contributed by atoms with Gasteiger partial charge in [0.2, 0.25) is 0 Å². The molecule has 2 aliphatic heterocycles. The van der Waals surface area contributed by atoms with E-state index in [1.54, 1.807) is 0 Å². The van der Waals surface area contributed by atoms with E-state index in [1.165, 1.54) is 24.0 Å². The van der Waals surface area contributed by atoms with Crippen LogP contribution in [0, 0.1) is 11.8 Å². The highest BCUT2D eigenvalue weighted by atomic mass is 16.3. The Hall–Kier alpha value is -1.59. The number of aliphatic hydroxyl groups excluding tert-OH is 1. The average Bonchev–Trinajstić information content (AvgIpc) is 3.12. The number of aliphatic hydroxyl groups is 1. The highest BCUT2D eigenvalue weighted by Crippen LogP contribution is 2.20. The lowest BCUT2D eigenvalue weighted by molar-refractivity contribution is 0.184. The fourth-order valence-corrected chi connectivity index (χ4v) is 3.79. The summed E-state index contributed by atoms with van der Waals surface area (Å²) < 4.78 is 0. The van der Waals surface area contributed by atoms with E-state index in [0.29, 0.717) is 13.1 Å². The van der Waals surface area contributed by atoms with Crippen LogP contribution in [0.4, 0.5) is 4.79 Å². The first kappa shape index (κ1) is 18.2. The molecule has 0 saturated carbocycles. The smallest absolute Gasteiger partial charge is 0.317 e. The molecular formula is C20H31N3O2. The van der Waals surface area contributed by atoms with Crippen molar-refractivity contribution in [3.8, 4) is 0 Å². The zero-order chi connectivity index (χ0) is 17.6. The molecule has 1 unspecified atom stereocenters. The molecule has 2 fully saturated rings. The van der Waals surface area contributed by atoms with Crippen LogP contribution in [0.25, 0.3) is 0 Å². The Balaban J connectivity index is 1.53. The van der Waals surface area contributed by atoms with Crippen LogP contribution in [-0.2, 0) is 13.1 Å². The molecule has 0 bridgehead atoms. The largest absolute Gasteiger partial charge is 0.396 e. The van der Waals surface area contributed by atoms with Crippen LogP contribution in [0.1, 0.15) is 37.3 Å². The summed E-state index contributed by atoms with van der Waals surface area (Å²) in [6.45, 7) is 7.77. The van der Waals surface area contributed by atoms with Crippen molar-refractivity contribution < 1.29 is 9.90 Å². The molecule has 5 heteroatoms. The van der Waals surface area contributed by atoms with Gasteiger partial charge in [-0.2, -0.15) is 0 Å². The van der Waals surface area contributed by atoms with Crippen molar-refractivity contribution in [1.82, 2.24) is 15.1 Å². The van der Waals surface area contributed by atoms with Gasteiger partial charge in [-0.05, 0) is 49.4 Å². The fourth-order valence-electron chi connectivity index (χ4n) is 3.79. The second-order valence-electron chi connectivity index (χ2n) is 7.67. The SMILES string of the molecule is CC1CCN(Cc2ccccc2CNC(=O)N2CCC(CO)C2)CC1. The van der Waals surface area contributed by atoms with Crippen molar-refractivity contribution in [2.75, 3.05) is 32.8 Å². The highest BCUT2D eigenvalue weighted by molar-refractivity contribution is 5.74. The number of nitrogens with zero attached hydrogens (tertiary/aromatic N) is 2. The molecule has 2 amide bonds. The van der Waals surface area contributed by atoms with Crippen LogP contribution in [0.2, 0.25) is 0 Å². The lowest BCUT2D eigenvalue weighted by atomic mass is 9.98. The second kappa shape index (κ2) is 8.68. The molecule has 1 atom stereocenters. The predicted molar refractivity (Wildman–Crippen MR) is 99.1 cm³/mol. The summed E-state index contributed by atoms with van der Waals surface area (Å²) in [5.41, 5.74) is 2.51. The van der Waals surface area contributed by atoms with E-state index in [2.05, 4.69) is 35.3 Å². The Morgan fingerprint density at radius 3 is 2.56 bits per heavy atom. The van der Waals surface area contributed by atoms with E-state index < -0.39 is 0 Å². The molecule has 0 aromatic heterocycles. The molecule has 1 aromatic rings. The predicted octanol–water partition coefficient (Wildman–Crippen LogP) is 2.44. The Morgan fingerprint density at radius 1 is 1.16 bits per heavy atom. The number of nitrogens with one attached hydrogen (secondary N) is 1. The number of likely N-dealkylation sites (tertiary alicyclic amines) is 2. The summed E-state index contributed by atoms with van der Waals surface area (Å²) in [5.74, 6) is 1.08. The maximum Gasteiger partial charge on any atom is 0.317 e. The Labute approximate surface area is 151 Å². The molecule has 2 heterocycles. The number of carbonyl (C=O) groups is 1. The van der Waals surface area contributed by atoms with Crippen molar-refractivity contribution in [3.05, 3.63) is 35.4 Å². The number of hydrogen-bond acceptors (Lipinski definition) is 3. The molecule has 0 spiro atoms. The number of hydrogen-bond donors (Lipinski definition) is 2. The van der Waals surface area contributed by atoms with Gasteiger partial charge in [-0.1, -0.05) is 31.2 Å². The minimum Gasteiger partial charge on any atom is -0.396 e. The van der Waals surface area contributed by atoms with Crippen molar-refractivity contribution in [2.45, 2.75) is 39.3 Å². The quantitative estimate of drug-likeness (QED) is 0.862. The van der Waals surface area contributed by atoms with Crippen molar-refractivity contribution >= 4 is 6.03 Å². The van der Waals surface area contributed by atoms with E-state index in [-0.39, 0.29) is 18.6 Å². The first-order valence-electron chi connectivity index (χ1n) is 9.58. The molecule has 25 heavy (non-hydrogen) atoms. The van der Waals surface area contributed by atoms with Gasteiger partial charge in [0.25, 0.3) is 0 Å². The van der Waals surface area contributed by atoms with Crippen LogP contribution in [-0.4, -0.2) is 53.7 Å². The molecule has 0 aliphatic carbocycles. The van der Waals surface area contributed by atoms with Crippen molar-refractivity contribution in [3.63, 3.8) is 0 Å². The third kappa shape index (κ3) is 4.95. The summed E-state index contributed by atoms with van der Waals surface area (Å²) >= 11 is 0. The fraction of sp³-hybridized carbons (Fsp3) is 0.650. The Bertz CT molecular complexity index is 570. The van der Waals surface area contributed by atoms with Gasteiger partial charge < -0.3 is 15.3 Å². The molecule has 0 radical (unpaired) electrons. The van der Waals surface area contributed by atoms with Crippen molar-refractivity contribution in [1.29, 1.82) is 0 Å². The van der Waals surface area contributed by atoms with Gasteiger partial charge in [0.15, 0.2) is 0 Å². The van der Waals surface area contributed by atoms with Gasteiger partial charge in [0, 0.05) is 38.7 Å². The minimum atomic E-state index is -0.0162. The molecule has 3 rings (SSSR count). The molecule has 2 N–H and O–H groups in total. The number of urea groups is 1. The van der Waals surface area contributed by atoms with E-state index in [0.717, 1.165) is 38.5 Å². The standard InChI is InChI=1S/C20H31N3O2/c1-16-6-9-22(10-7-16)14-19-5-3-2-4-18(19)12-21-20(25)23-11-8-17(13-23)15-24/h2-5,16-17,24H,6-15H2,1H3,(H,21,25). The number of carbonyl (C=O) groups excluding carboxylic acids is 1. The van der Waals surface area contributed by atoms with Gasteiger partial charge in [0.05, 0.1) is 0 Å². The molecule has 2 saturated heterocycles. The summed E-state index contributed by atoms with van der Waals surface area (Å²) in [6, 6.07) is 8.40. The number of amides is 2. The highest BCUT2D eigenvalue weighted by Gasteiger charge is 2.25. The summed E-state index contributed by atoms with van der Waals surface area (Å²) in [6.07, 6.45) is 3.45. The maximum absolute atomic E-state index is 12.3. The molecule has 5 nitrogen and oxygen atoms in total. The molecule has 138 valence electrons. The van der Waals surface area contributed by atoms with Crippen LogP contribution >= 0.6 is 0 Å². The van der Waals surface area contributed by atoms with Gasteiger partial charge >= 0.3 is 6.03 Å². The summed E-state index contributed by atoms with van der Waals surface area (Å²) in [5, 5.41) is 12.3. The molecule has 1 aromatic carbocycles. The number of piperidine rings is 1. The lowest BCUT2D eigenvalue weighted by Gasteiger charge is -2.30.